The Morgan fingerprint density at radius 1 is 1.25 bits per heavy atom. The van der Waals surface area contributed by atoms with E-state index < -0.39 is 11.6 Å². The molecule has 9 heteroatoms. The molecular formula is C23H25F2N7. The Balaban J connectivity index is 1.24. The van der Waals surface area contributed by atoms with Crippen molar-refractivity contribution in [3.05, 3.63) is 71.3 Å². The molecule has 1 fully saturated rings. The monoisotopic (exact) mass is 437 g/mol. The second kappa shape index (κ2) is 8.22. The van der Waals surface area contributed by atoms with Crippen LogP contribution in [0.3, 0.4) is 0 Å². The SMILES string of the molecule is Cc1c(C/C=C/N2CCN3c4cc(F)cc(F)c4CCC3C2)cnn1-c1nccc(N)n1. The Kier molecular flexibility index (Phi) is 5.24. The maximum atomic E-state index is 14.1. The number of benzene rings is 1. The Bertz CT molecular complexity index is 1170. The number of rotatable bonds is 4. The summed E-state index contributed by atoms with van der Waals surface area (Å²) >= 11 is 0. The zero-order chi connectivity index (χ0) is 22.2. The zero-order valence-corrected chi connectivity index (χ0v) is 17.9. The van der Waals surface area contributed by atoms with Crippen molar-refractivity contribution in [2.75, 3.05) is 30.3 Å². The number of aromatic nitrogens is 4. The number of anilines is 2. The summed E-state index contributed by atoms with van der Waals surface area (Å²) < 4.78 is 29.6. The fourth-order valence-corrected chi connectivity index (χ4v) is 4.62. The van der Waals surface area contributed by atoms with Gasteiger partial charge in [0.15, 0.2) is 0 Å². The van der Waals surface area contributed by atoms with E-state index in [0.29, 0.717) is 29.4 Å². The van der Waals surface area contributed by atoms with Crippen molar-refractivity contribution in [3.8, 4) is 5.95 Å². The minimum absolute atomic E-state index is 0.257. The van der Waals surface area contributed by atoms with E-state index in [0.717, 1.165) is 49.8 Å². The minimum atomic E-state index is -0.510. The topological polar surface area (TPSA) is 76.1 Å². The average molecular weight is 437 g/mol. The van der Waals surface area contributed by atoms with Crippen LogP contribution in [0, 0.1) is 18.6 Å². The third-order valence-corrected chi connectivity index (χ3v) is 6.31. The van der Waals surface area contributed by atoms with Gasteiger partial charge in [0.05, 0.1) is 6.20 Å². The maximum absolute atomic E-state index is 14.1. The fourth-order valence-electron chi connectivity index (χ4n) is 4.62. The Morgan fingerprint density at radius 2 is 2.12 bits per heavy atom. The third-order valence-electron chi connectivity index (χ3n) is 6.31. The van der Waals surface area contributed by atoms with Crippen LogP contribution in [0.5, 0.6) is 0 Å². The molecule has 2 N–H and O–H groups in total. The van der Waals surface area contributed by atoms with Gasteiger partial charge >= 0.3 is 0 Å². The van der Waals surface area contributed by atoms with Crippen LogP contribution in [-0.2, 0) is 12.8 Å². The minimum Gasteiger partial charge on any atom is -0.384 e. The van der Waals surface area contributed by atoms with Gasteiger partial charge in [-0.15, -0.1) is 0 Å². The predicted molar refractivity (Wildman–Crippen MR) is 119 cm³/mol. The fraction of sp³-hybridized carbons (Fsp3) is 0.348. The standard InChI is InChI=1S/C23H25F2N7/c1-15-16(13-28-32(15)23-27-7-6-22(26)29-23)3-2-8-30-9-10-31-18(14-30)4-5-19-20(25)11-17(24)12-21(19)31/h2,6-8,11-13,18H,3-5,9-10,14H2,1H3,(H2,26,27,29)/b8-2+. The van der Waals surface area contributed by atoms with Crippen molar-refractivity contribution in [2.45, 2.75) is 32.2 Å². The van der Waals surface area contributed by atoms with Crippen molar-refractivity contribution >= 4 is 11.5 Å². The van der Waals surface area contributed by atoms with E-state index in [1.807, 2.05) is 13.1 Å². The molecule has 0 amide bonds. The number of halogens is 2. The molecule has 5 rings (SSSR count). The van der Waals surface area contributed by atoms with Crippen LogP contribution < -0.4 is 10.6 Å². The van der Waals surface area contributed by atoms with Crippen LogP contribution in [0.1, 0.15) is 23.2 Å². The van der Waals surface area contributed by atoms with Crippen LogP contribution in [0.2, 0.25) is 0 Å². The van der Waals surface area contributed by atoms with Crippen molar-refractivity contribution < 1.29 is 8.78 Å². The maximum Gasteiger partial charge on any atom is 0.252 e. The number of hydrogen-bond acceptors (Lipinski definition) is 6. The number of nitrogens with two attached hydrogens (primary N) is 1. The Morgan fingerprint density at radius 3 is 2.97 bits per heavy atom. The molecule has 2 aromatic heterocycles. The van der Waals surface area contributed by atoms with Crippen molar-refractivity contribution in [1.29, 1.82) is 0 Å². The molecule has 0 radical (unpaired) electrons. The van der Waals surface area contributed by atoms with Crippen molar-refractivity contribution in [1.82, 2.24) is 24.6 Å². The highest BCUT2D eigenvalue weighted by atomic mass is 19.1. The summed E-state index contributed by atoms with van der Waals surface area (Å²) in [5.74, 6) is -0.0791. The molecule has 0 spiro atoms. The van der Waals surface area contributed by atoms with E-state index in [1.54, 1.807) is 16.9 Å². The second-order valence-electron chi connectivity index (χ2n) is 8.30. The molecule has 1 atom stereocenters. The number of fused-ring (bicyclic) bond motifs is 3. The Labute approximate surface area is 185 Å². The smallest absolute Gasteiger partial charge is 0.252 e. The molecule has 0 aliphatic carbocycles. The predicted octanol–water partition coefficient (Wildman–Crippen LogP) is 3.02. The third kappa shape index (κ3) is 3.79. The molecule has 1 unspecified atom stereocenters. The molecule has 32 heavy (non-hydrogen) atoms. The molecular weight excluding hydrogens is 412 g/mol. The van der Waals surface area contributed by atoms with Crippen LogP contribution in [0.25, 0.3) is 5.95 Å². The highest BCUT2D eigenvalue weighted by molar-refractivity contribution is 5.58. The molecule has 1 saturated heterocycles. The van der Waals surface area contributed by atoms with Crippen LogP contribution in [-0.4, -0.2) is 50.3 Å². The first-order valence-corrected chi connectivity index (χ1v) is 10.8. The van der Waals surface area contributed by atoms with Gasteiger partial charge in [-0.2, -0.15) is 10.1 Å². The van der Waals surface area contributed by atoms with Gasteiger partial charge in [0.1, 0.15) is 17.5 Å². The van der Waals surface area contributed by atoms with Gasteiger partial charge in [-0.1, -0.05) is 6.08 Å². The van der Waals surface area contributed by atoms with Gasteiger partial charge < -0.3 is 15.5 Å². The Hall–Kier alpha value is -3.49. The van der Waals surface area contributed by atoms with Crippen LogP contribution >= 0.6 is 0 Å². The molecule has 0 bridgehead atoms. The molecule has 0 saturated carbocycles. The summed E-state index contributed by atoms with van der Waals surface area (Å²) in [6, 6.07) is 4.36. The van der Waals surface area contributed by atoms with E-state index in [1.165, 1.54) is 6.07 Å². The zero-order valence-electron chi connectivity index (χ0n) is 17.9. The van der Waals surface area contributed by atoms with E-state index >= 15 is 0 Å². The van der Waals surface area contributed by atoms with E-state index in [9.17, 15) is 8.78 Å². The lowest BCUT2D eigenvalue weighted by atomic mass is 9.93. The number of allylic oxidation sites excluding steroid dienone is 1. The van der Waals surface area contributed by atoms with E-state index in [4.69, 9.17) is 5.73 Å². The molecule has 2 aliphatic rings. The first kappa shape index (κ1) is 20.4. The van der Waals surface area contributed by atoms with Gasteiger partial charge in [-0.05, 0) is 50.1 Å². The van der Waals surface area contributed by atoms with Crippen LogP contribution in [0.4, 0.5) is 20.3 Å². The number of piperazine rings is 1. The van der Waals surface area contributed by atoms with Crippen molar-refractivity contribution in [2.24, 2.45) is 0 Å². The highest BCUT2D eigenvalue weighted by Gasteiger charge is 2.32. The van der Waals surface area contributed by atoms with Crippen molar-refractivity contribution in [3.63, 3.8) is 0 Å². The quantitative estimate of drug-likeness (QED) is 0.676. The largest absolute Gasteiger partial charge is 0.384 e. The summed E-state index contributed by atoms with van der Waals surface area (Å²) in [6.07, 6.45) is 9.93. The van der Waals surface area contributed by atoms with E-state index in [2.05, 4.69) is 37.1 Å². The molecule has 3 aromatic rings. The summed E-state index contributed by atoms with van der Waals surface area (Å²) in [5, 5.41) is 4.40. The summed E-state index contributed by atoms with van der Waals surface area (Å²) in [7, 11) is 0. The van der Waals surface area contributed by atoms with Gasteiger partial charge in [0.2, 0.25) is 0 Å². The molecule has 2 aliphatic heterocycles. The highest BCUT2D eigenvalue weighted by Crippen LogP contribution is 2.35. The molecule has 1 aromatic carbocycles. The van der Waals surface area contributed by atoms with Gasteiger partial charge in [-0.25, -0.2) is 18.4 Å². The van der Waals surface area contributed by atoms with Gasteiger partial charge in [0, 0.05) is 54.9 Å². The van der Waals surface area contributed by atoms with Gasteiger partial charge in [-0.3, -0.25) is 0 Å². The first-order valence-electron chi connectivity index (χ1n) is 10.8. The van der Waals surface area contributed by atoms with Gasteiger partial charge in [0.25, 0.3) is 5.95 Å². The molecule has 4 heterocycles. The van der Waals surface area contributed by atoms with E-state index in [-0.39, 0.29) is 6.04 Å². The number of nitrogen functional groups attached to an aromatic ring is 1. The van der Waals surface area contributed by atoms with Crippen LogP contribution in [0.15, 0.2) is 42.9 Å². The summed E-state index contributed by atoms with van der Waals surface area (Å²) in [5.41, 5.74) is 9.17. The first-order chi connectivity index (χ1) is 15.5. The number of hydrogen-bond donors (Lipinski definition) is 1. The number of nitrogens with zero attached hydrogens (tertiary/aromatic N) is 6. The lowest BCUT2D eigenvalue weighted by Gasteiger charge is -2.46. The normalized spacial score (nSPS) is 18.2. The lowest BCUT2D eigenvalue weighted by molar-refractivity contribution is 0.281. The average Bonchev–Trinajstić information content (AvgIpc) is 3.13. The lowest BCUT2D eigenvalue weighted by Crippen LogP contribution is -2.53. The summed E-state index contributed by atoms with van der Waals surface area (Å²) in [6.45, 7) is 4.37. The summed E-state index contributed by atoms with van der Waals surface area (Å²) in [4.78, 5) is 12.9. The molecule has 166 valence electrons. The second-order valence-corrected chi connectivity index (χ2v) is 8.30. The molecule has 7 nitrogen and oxygen atoms in total.